The van der Waals surface area contributed by atoms with E-state index in [-0.39, 0.29) is 0 Å². The Morgan fingerprint density at radius 1 is 1.47 bits per heavy atom. The molecule has 0 bridgehead atoms. The molecular weight excluding hydrogens is 214 g/mol. The average Bonchev–Trinajstić information content (AvgIpc) is 2.80. The molecule has 1 fully saturated rings. The molecule has 0 spiro atoms. The fourth-order valence-corrected chi connectivity index (χ4v) is 2.52. The minimum absolute atomic E-state index is 0.430. The Labute approximate surface area is 103 Å². The normalized spacial score (nSPS) is 23.5. The molecule has 1 unspecified atom stereocenters. The van der Waals surface area contributed by atoms with E-state index in [1.807, 2.05) is 4.68 Å². The Morgan fingerprint density at radius 3 is 2.82 bits per heavy atom. The zero-order valence-electron chi connectivity index (χ0n) is 11.3. The molecule has 2 rings (SSSR count). The van der Waals surface area contributed by atoms with E-state index < -0.39 is 0 Å². The molecule has 0 aliphatic heterocycles. The fourth-order valence-electron chi connectivity index (χ4n) is 2.52. The first kappa shape index (κ1) is 12.5. The zero-order chi connectivity index (χ0) is 12.5. The summed E-state index contributed by atoms with van der Waals surface area (Å²) >= 11 is 0. The Kier molecular flexibility index (Phi) is 3.47. The number of nitrogens with one attached hydrogen (secondary N) is 1. The summed E-state index contributed by atoms with van der Waals surface area (Å²) in [6.07, 6.45) is 3.62. The Bertz CT molecular complexity index is 369. The van der Waals surface area contributed by atoms with Crippen LogP contribution in [0.1, 0.15) is 58.8 Å². The Morgan fingerprint density at radius 2 is 2.24 bits per heavy atom. The highest BCUT2D eigenvalue weighted by Crippen LogP contribution is 2.43. The summed E-state index contributed by atoms with van der Waals surface area (Å²) in [5.41, 5.74) is 0.430. The summed E-state index contributed by atoms with van der Waals surface area (Å²) in [6.45, 7) is 9.66. The molecular formula is C12H23N5. The van der Waals surface area contributed by atoms with Crippen LogP contribution in [0.15, 0.2) is 0 Å². The summed E-state index contributed by atoms with van der Waals surface area (Å²) in [7, 11) is 0. The first-order valence-corrected chi connectivity index (χ1v) is 6.48. The van der Waals surface area contributed by atoms with Crippen molar-refractivity contribution in [1.82, 2.24) is 25.5 Å². The van der Waals surface area contributed by atoms with Gasteiger partial charge in [0.25, 0.3) is 0 Å². The van der Waals surface area contributed by atoms with Gasteiger partial charge in [-0.1, -0.05) is 27.7 Å². The highest BCUT2D eigenvalue weighted by Gasteiger charge is 2.33. The molecule has 5 heteroatoms. The van der Waals surface area contributed by atoms with Gasteiger partial charge in [0.1, 0.15) is 0 Å². The molecule has 1 heterocycles. The monoisotopic (exact) mass is 237 g/mol. The topological polar surface area (TPSA) is 55.6 Å². The van der Waals surface area contributed by atoms with Crippen LogP contribution >= 0.6 is 0 Å². The lowest BCUT2D eigenvalue weighted by Crippen LogP contribution is -2.25. The lowest BCUT2D eigenvalue weighted by Gasteiger charge is -2.17. The molecule has 0 amide bonds. The van der Waals surface area contributed by atoms with Gasteiger partial charge in [0.15, 0.2) is 5.82 Å². The number of hydrogen-bond donors (Lipinski definition) is 1. The number of aromatic nitrogens is 4. The van der Waals surface area contributed by atoms with E-state index in [0.29, 0.717) is 17.5 Å². The summed E-state index contributed by atoms with van der Waals surface area (Å²) in [6, 6.07) is 0.934. The molecule has 1 atom stereocenters. The van der Waals surface area contributed by atoms with Crippen LogP contribution in [0.5, 0.6) is 0 Å². The van der Waals surface area contributed by atoms with E-state index in [0.717, 1.165) is 12.4 Å². The van der Waals surface area contributed by atoms with Crippen LogP contribution in [0.4, 0.5) is 0 Å². The van der Waals surface area contributed by atoms with Crippen molar-refractivity contribution in [2.24, 2.45) is 5.41 Å². The number of hydrogen-bond acceptors (Lipinski definition) is 4. The van der Waals surface area contributed by atoms with Gasteiger partial charge in [-0.25, -0.2) is 4.68 Å². The lowest BCUT2D eigenvalue weighted by molar-refractivity contribution is 0.342. The quantitative estimate of drug-likeness (QED) is 0.869. The van der Waals surface area contributed by atoms with Gasteiger partial charge >= 0.3 is 0 Å². The zero-order valence-corrected chi connectivity index (χ0v) is 11.3. The Hall–Kier alpha value is -0.970. The highest BCUT2D eigenvalue weighted by atomic mass is 15.6. The standard InChI is InChI=1S/C12H23N5/c1-9(2)13-8-11-14-15-16-17(11)10-5-6-12(3,4)7-10/h9-10,13H,5-8H2,1-4H3. The van der Waals surface area contributed by atoms with Gasteiger partial charge < -0.3 is 5.32 Å². The van der Waals surface area contributed by atoms with Gasteiger partial charge in [0, 0.05) is 6.04 Å². The second-order valence-electron chi connectivity index (χ2n) is 6.14. The summed E-state index contributed by atoms with van der Waals surface area (Å²) in [5.74, 6) is 0.960. The van der Waals surface area contributed by atoms with Crippen LogP contribution in [0.25, 0.3) is 0 Å². The summed E-state index contributed by atoms with van der Waals surface area (Å²) in [4.78, 5) is 0. The second-order valence-corrected chi connectivity index (χ2v) is 6.14. The van der Waals surface area contributed by atoms with Gasteiger partial charge in [-0.2, -0.15) is 0 Å². The van der Waals surface area contributed by atoms with Crippen molar-refractivity contribution in [3.63, 3.8) is 0 Å². The predicted molar refractivity (Wildman–Crippen MR) is 66.5 cm³/mol. The molecule has 1 aromatic rings. The van der Waals surface area contributed by atoms with Crippen molar-refractivity contribution in [2.45, 2.75) is 65.6 Å². The van der Waals surface area contributed by atoms with Crippen molar-refractivity contribution in [1.29, 1.82) is 0 Å². The first-order valence-electron chi connectivity index (χ1n) is 6.48. The molecule has 0 aromatic carbocycles. The van der Waals surface area contributed by atoms with Gasteiger partial charge in [0.05, 0.1) is 12.6 Å². The maximum atomic E-state index is 4.16. The average molecular weight is 237 g/mol. The van der Waals surface area contributed by atoms with Crippen molar-refractivity contribution in [3.8, 4) is 0 Å². The predicted octanol–water partition coefficient (Wildman–Crippen LogP) is 1.92. The largest absolute Gasteiger partial charge is 0.308 e. The number of rotatable bonds is 4. The Balaban J connectivity index is 2.04. The van der Waals surface area contributed by atoms with Crippen molar-refractivity contribution in [3.05, 3.63) is 5.82 Å². The van der Waals surface area contributed by atoms with Gasteiger partial charge in [-0.05, 0) is 35.1 Å². The molecule has 5 nitrogen and oxygen atoms in total. The van der Waals surface area contributed by atoms with Crippen LogP contribution in [0.3, 0.4) is 0 Å². The van der Waals surface area contributed by atoms with Gasteiger partial charge in [0.2, 0.25) is 0 Å². The molecule has 1 saturated carbocycles. The van der Waals surface area contributed by atoms with E-state index in [4.69, 9.17) is 0 Å². The van der Waals surface area contributed by atoms with E-state index in [1.54, 1.807) is 0 Å². The molecule has 1 N–H and O–H groups in total. The maximum absolute atomic E-state index is 4.16. The molecule has 0 radical (unpaired) electrons. The van der Waals surface area contributed by atoms with Crippen LogP contribution in [-0.2, 0) is 6.54 Å². The van der Waals surface area contributed by atoms with E-state index in [9.17, 15) is 0 Å². The first-order chi connectivity index (χ1) is 7.98. The molecule has 1 aliphatic carbocycles. The van der Waals surface area contributed by atoms with Crippen LogP contribution in [-0.4, -0.2) is 26.2 Å². The third-order valence-electron chi connectivity index (χ3n) is 3.52. The van der Waals surface area contributed by atoms with Crippen LogP contribution < -0.4 is 5.32 Å². The fraction of sp³-hybridized carbons (Fsp3) is 0.917. The van der Waals surface area contributed by atoms with Crippen molar-refractivity contribution < 1.29 is 0 Å². The van der Waals surface area contributed by atoms with Crippen molar-refractivity contribution in [2.75, 3.05) is 0 Å². The summed E-state index contributed by atoms with van der Waals surface area (Å²) in [5, 5.41) is 15.5. The van der Waals surface area contributed by atoms with Crippen molar-refractivity contribution >= 4 is 0 Å². The van der Waals surface area contributed by atoms with E-state index in [1.165, 1.54) is 19.3 Å². The van der Waals surface area contributed by atoms with Crippen LogP contribution in [0.2, 0.25) is 0 Å². The third kappa shape index (κ3) is 3.03. The highest BCUT2D eigenvalue weighted by molar-refractivity contribution is 4.91. The smallest absolute Gasteiger partial charge is 0.165 e. The minimum Gasteiger partial charge on any atom is -0.308 e. The van der Waals surface area contributed by atoms with Gasteiger partial charge in [-0.15, -0.1) is 5.10 Å². The number of nitrogens with zero attached hydrogens (tertiary/aromatic N) is 4. The van der Waals surface area contributed by atoms with E-state index >= 15 is 0 Å². The third-order valence-corrected chi connectivity index (χ3v) is 3.52. The summed E-state index contributed by atoms with van der Waals surface area (Å²) < 4.78 is 2.02. The van der Waals surface area contributed by atoms with Gasteiger partial charge in [-0.3, -0.25) is 0 Å². The van der Waals surface area contributed by atoms with E-state index in [2.05, 4.69) is 48.5 Å². The molecule has 0 saturated heterocycles. The molecule has 96 valence electrons. The molecule has 1 aromatic heterocycles. The minimum atomic E-state index is 0.430. The molecule has 17 heavy (non-hydrogen) atoms. The second kappa shape index (κ2) is 4.72. The maximum Gasteiger partial charge on any atom is 0.165 e. The lowest BCUT2D eigenvalue weighted by atomic mass is 9.92. The number of tetrazole rings is 1. The molecule has 1 aliphatic rings. The SMILES string of the molecule is CC(C)NCc1nnnn1C1CCC(C)(C)C1. The van der Waals surface area contributed by atoms with Crippen LogP contribution in [0, 0.1) is 5.41 Å².